The highest BCUT2D eigenvalue weighted by Crippen LogP contribution is 2.34. The standard InChI is InChI=1S/C9H13N3O3/c1-6(2)15-8-5-3-4-7(11-10)9(8)12(13)14/h3-6,11H,10H2,1-2H3. The number of para-hydroxylation sites is 1. The number of nitrogen functional groups attached to an aromatic ring is 1. The van der Waals surface area contributed by atoms with Gasteiger partial charge in [0.05, 0.1) is 11.0 Å². The van der Waals surface area contributed by atoms with Crippen molar-refractivity contribution in [3.05, 3.63) is 28.3 Å². The molecule has 0 aromatic heterocycles. The van der Waals surface area contributed by atoms with Crippen molar-refractivity contribution in [3.8, 4) is 5.75 Å². The number of benzene rings is 1. The van der Waals surface area contributed by atoms with Crippen LogP contribution in [0.5, 0.6) is 5.75 Å². The topological polar surface area (TPSA) is 90.4 Å². The Hall–Kier alpha value is -1.82. The number of nitro benzene ring substituents is 1. The summed E-state index contributed by atoms with van der Waals surface area (Å²) >= 11 is 0. The van der Waals surface area contributed by atoms with E-state index in [0.717, 1.165) is 0 Å². The second-order valence-electron chi connectivity index (χ2n) is 3.22. The lowest BCUT2D eigenvalue weighted by atomic mass is 10.2. The van der Waals surface area contributed by atoms with Crippen molar-refractivity contribution in [3.63, 3.8) is 0 Å². The summed E-state index contributed by atoms with van der Waals surface area (Å²) in [5.41, 5.74) is 2.36. The number of nitrogens with zero attached hydrogens (tertiary/aromatic N) is 1. The molecule has 3 N–H and O–H groups in total. The molecule has 1 rings (SSSR count). The third-order valence-corrected chi connectivity index (χ3v) is 1.70. The summed E-state index contributed by atoms with van der Waals surface area (Å²) in [6.45, 7) is 3.60. The summed E-state index contributed by atoms with van der Waals surface area (Å²) in [5.74, 6) is 5.39. The van der Waals surface area contributed by atoms with E-state index in [2.05, 4.69) is 5.43 Å². The van der Waals surface area contributed by atoms with Gasteiger partial charge < -0.3 is 10.2 Å². The van der Waals surface area contributed by atoms with Crippen LogP contribution in [0.1, 0.15) is 13.8 Å². The minimum Gasteiger partial charge on any atom is -0.484 e. The van der Waals surface area contributed by atoms with Gasteiger partial charge in [-0.3, -0.25) is 16.0 Å². The first kappa shape index (κ1) is 11.3. The van der Waals surface area contributed by atoms with Gasteiger partial charge in [0.2, 0.25) is 0 Å². The van der Waals surface area contributed by atoms with E-state index in [0.29, 0.717) is 0 Å². The maximum atomic E-state index is 10.8. The van der Waals surface area contributed by atoms with E-state index in [4.69, 9.17) is 10.6 Å². The number of rotatable bonds is 4. The Morgan fingerprint density at radius 3 is 2.67 bits per heavy atom. The third-order valence-electron chi connectivity index (χ3n) is 1.70. The Morgan fingerprint density at radius 2 is 2.20 bits per heavy atom. The molecule has 0 fully saturated rings. The molecular formula is C9H13N3O3. The maximum Gasteiger partial charge on any atom is 0.335 e. The lowest BCUT2D eigenvalue weighted by molar-refractivity contribution is -0.385. The average molecular weight is 211 g/mol. The van der Waals surface area contributed by atoms with Crippen LogP contribution in [-0.2, 0) is 0 Å². The number of hydrogen-bond donors (Lipinski definition) is 2. The molecule has 15 heavy (non-hydrogen) atoms. The van der Waals surface area contributed by atoms with Gasteiger partial charge in [-0.25, -0.2) is 0 Å². The van der Waals surface area contributed by atoms with Crippen LogP contribution >= 0.6 is 0 Å². The zero-order valence-electron chi connectivity index (χ0n) is 8.56. The quantitative estimate of drug-likeness (QED) is 0.449. The first-order valence-electron chi connectivity index (χ1n) is 4.47. The second kappa shape index (κ2) is 4.61. The van der Waals surface area contributed by atoms with E-state index in [9.17, 15) is 10.1 Å². The summed E-state index contributed by atoms with van der Waals surface area (Å²) in [4.78, 5) is 10.3. The number of hydrazine groups is 1. The molecule has 0 saturated heterocycles. The summed E-state index contributed by atoms with van der Waals surface area (Å²) in [6.07, 6.45) is -0.128. The van der Waals surface area contributed by atoms with Crippen molar-refractivity contribution < 1.29 is 9.66 Å². The van der Waals surface area contributed by atoms with E-state index < -0.39 is 4.92 Å². The fourth-order valence-electron chi connectivity index (χ4n) is 1.18. The number of nitro groups is 1. The summed E-state index contributed by atoms with van der Waals surface area (Å²) in [7, 11) is 0. The first-order chi connectivity index (χ1) is 7.06. The Morgan fingerprint density at radius 1 is 1.53 bits per heavy atom. The van der Waals surface area contributed by atoms with Crippen LogP contribution in [0.3, 0.4) is 0 Å². The number of nitrogens with two attached hydrogens (primary N) is 1. The molecule has 6 heteroatoms. The normalized spacial score (nSPS) is 10.1. The lowest BCUT2D eigenvalue weighted by Gasteiger charge is -2.11. The molecule has 0 bridgehead atoms. The molecule has 0 atom stereocenters. The van der Waals surface area contributed by atoms with Crippen LogP contribution in [0.2, 0.25) is 0 Å². The van der Waals surface area contributed by atoms with Gasteiger partial charge in [-0.15, -0.1) is 0 Å². The molecule has 0 spiro atoms. The van der Waals surface area contributed by atoms with Crippen molar-refractivity contribution in [2.45, 2.75) is 20.0 Å². The van der Waals surface area contributed by atoms with E-state index >= 15 is 0 Å². The molecule has 1 aromatic carbocycles. The Balaban J connectivity index is 3.19. The molecule has 1 aromatic rings. The lowest BCUT2D eigenvalue weighted by Crippen LogP contribution is -2.12. The van der Waals surface area contributed by atoms with E-state index in [-0.39, 0.29) is 23.2 Å². The Labute approximate surface area is 87.2 Å². The molecule has 0 heterocycles. The number of hydrogen-bond acceptors (Lipinski definition) is 5. The van der Waals surface area contributed by atoms with Crippen molar-refractivity contribution in [2.24, 2.45) is 5.84 Å². The highest BCUT2D eigenvalue weighted by Gasteiger charge is 2.20. The van der Waals surface area contributed by atoms with Gasteiger partial charge in [-0.2, -0.15) is 0 Å². The second-order valence-corrected chi connectivity index (χ2v) is 3.22. The van der Waals surface area contributed by atoms with Gasteiger partial charge in [0.15, 0.2) is 5.75 Å². The van der Waals surface area contributed by atoms with Gasteiger partial charge >= 0.3 is 5.69 Å². The predicted octanol–water partition coefficient (Wildman–Crippen LogP) is 1.67. The Bertz CT molecular complexity index is 366. The van der Waals surface area contributed by atoms with Gasteiger partial charge in [0.25, 0.3) is 0 Å². The van der Waals surface area contributed by atoms with Crippen molar-refractivity contribution >= 4 is 11.4 Å². The molecule has 0 amide bonds. The molecule has 0 radical (unpaired) electrons. The van der Waals surface area contributed by atoms with E-state index in [1.165, 1.54) is 6.07 Å². The highest BCUT2D eigenvalue weighted by molar-refractivity contribution is 5.67. The van der Waals surface area contributed by atoms with Gasteiger partial charge in [0.1, 0.15) is 5.69 Å². The first-order valence-corrected chi connectivity index (χ1v) is 4.47. The minimum absolute atomic E-state index is 0.128. The summed E-state index contributed by atoms with van der Waals surface area (Å²) in [6, 6.07) is 4.70. The number of anilines is 1. The third kappa shape index (κ3) is 2.57. The summed E-state index contributed by atoms with van der Waals surface area (Å²) < 4.78 is 5.31. The molecular weight excluding hydrogens is 198 g/mol. The molecule has 0 aliphatic rings. The molecule has 0 aliphatic carbocycles. The minimum atomic E-state index is -0.521. The Kier molecular flexibility index (Phi) is 3.46. The zero-order valence-corrected chi connectivity index (χ0v) is 8.56. The van der Waals surface area contributed by atoms with Crippen LogP contribution in [0.4, 0.5) is 11.4 Å². The zero-order chi connectivity index (χ0) is 11.4. The van der Waals surface area contributed by atoms with Crippen LogP contribution < -0.4 is 16.0 Å². The maximum absolute atomic E-state index is 10.8. The molecule has 6 nitrogen and oxygen atoms in total. The average Bonchev–Trinajstić information content (AvgIpc) is 2.15. The molecule has 0 aliphatic heterocycles. The van der Waals surface area contributed by atoms with Gasteiger partial charge in [-0.1, -0.05) is 6.07 Å². The van der Waals surface area contributed by atoms with Crippen LogP contribution in [0, 0.1) is 10.1 Å². The van der Waals surface area contributed by atoms with E-state index in [1.54, 1.807) is 26.0 Å². The molecule has 0 unspecified atom stereocenters. The van der Waals surface area contributed by atoms with Gasteiger partial charge in [-0.05, 0) is 26.0 Å². The van der Waals surface area contributed by atoms with Crippen LogP contribution in [0.25, 0.3) is 0 Å². The SMILES string of the molecule is CC(C)Oc1cccc(NN)c1[N+](=O)[O-]. The van der Waals surface area contributed by atoms with Crippen molar-refractivity contribution in [2.75, 3.05) is 5.43 Å². The number of ether oxygens (including phenoxy) is 1. The smallest absolute Gasteiger partial charge is 0.335 e. The molecule has 0 saturated carbocycles. The monoisotopic (exact) mass is 211 g/mol. The fourth-order valence-corrected chi connectivity index (χ4v) is 1.18. The summed E-state index contributed by atoms with van der Waals surface area (Å²) in [5, 5.41) is 10.8. The van der Waals surface area contributed by atoms with Gasteiger partial charge in [0, 0.05) is 0 Å². The highest BCUT2D eigenvalue weighted by atomic mass is 16.6. The van der Waals surface area contributed by atoms with Crippen LogP contribution in [0.15, 0.2) is 18.2 Å². The van der Waals surface area contributed by atoms with E-state index in [1.807, 2.05) is 0 Å². The molecule has 82 valence electrons. The fraction of sp³-hybridized carbons (Fsp3) is 0.333. The number of nitrogens with one attached hydrogen (secondary N) is 1. The van der Waals surface area contributed by atoms with Crippen molar-refractivity contribution in [1.29, 1.82) is 0 Å². The largest absolute Gasteiger partial charge is 0.484 e. The van der Waals surface area contributed by atoms with Crippen LogP contribution in [-0.4, -0.2) is 11.0 Å². The van der Waals surface area contributed by atoms with Crippen molar-refractivity contribution in [1.82, 2.24) is 0 Å². The predicted molar refractivity (Wildman–Crippen MR) is 56.7 cm³/mol.